The van der Waals surface area contributed by atoms with Crippen molar-refractivity contribution >= 4 is 0 Å². The first-order valence-electron chi connectivity index (χ1n) is 33.3. The number of fused-ring (bicyclic) bond motifs is 10. The summed E-state index contributed by atoms with van der Waals surface area (Å²) in [6.45, 7) is 0. The SMILES string of the molecule is C1CCC(N(C2CCC(C3CCC(C4CCC(N(C5CCCCC5)C5CC6C7CCCCC7CCC6C6CCCCC65)CC4)CC3)CC2)C2CC3C4CCCCC4CCC3C3CCCCC32)CC1. The first-order chi connectivity index (χ1) is 33.7. The highest BCUT2D eigenvalue weighted by atomic mass is 15.2. The van der Waals surface area contributed by atoms with Crippen LogP contribution in [0.15, 0.2) is 0 Å². The third kappa shape index (κ3) is 9.40. The van der Waals surface area contributed by atoms with Gasteiger partial charge in [-0.3, -0.25) is 9.80 Å². The van der Waals surface area contributed by atoms with Gasteiger partial charge in [-0.15, -0.1) is 0 Å². The molecule has 14 unspecified atom stereocenters. The van der Waals surface area contributed by atoms with Crippen LogP contribution in [0.5, 0.6) is 0 Å². The normalized spacial score (nSPS) is 49.7. The lowest BCUT2D eigenvalue weighted by Crippen LogP contribution is -2.60. The fourth-order valence-electron chi connectivity index (χ4n) is 24.2. The van der Waals surface area contributed by atoms with Gasteiger partial charge in [0.1, 0.15) is 0 Å². The Morgan fingerprint density at radius 3 is 0.809 bits per heavy atom. The topological polar surface area (TPSA) is 6.48 Å². The first kappa shape index (κ1) is 47.6. The molecule has 2 nitrogen and oxygen atoms in total. The predicted octanol–water partition coefficient (Wildman–Crippen LogP) is 18.0. The summed E-state index contributed by atoms with van der Waals surface area (Å²) < 4.78 is 0. The van der Waals surface area contributed by atoms with Crippen LogP contribution in [0.25, 0.3) is 0 Å². The Balaban J connectivity index is 0.641. The second-order valence-corrected chi connectivity index (χ2v) is 29.3. The van der Waals surface area contributed by atoms with Gasteiger partial charge in [0.15, 0.2) is 0 Å². The van der Waals surface area contributed by atoms with E-state index >= 15 is 0 Å². The molecule has 0 aromatic heterocycles. The van der Waals surface area contributed by atoms with E-state index < -0.39 is 0 Å². The highest BCUT2D eigenvalue weighted by molar-refractivity contribution is 5.08. The van der Waals surface area contributed by atoms with Gasteiger partial charge in [0.2, 0.25) is 0 Å². The van der Waals surface area contributed by atoms with Crippen molar-refractivity contribution in [2.24, 2.45) is 94.7 Å². The molecule has 0 heterocycles. The lowest BCUT2D eigenvalue weighted by atomic mass is 9.50. The van der Waals surface area contributed by atoms with Crippen LogP contribution < -0.4 is 0 Å². The van der Waals surface area contributed by atoms with Gasteiger partial charge >= 0.3 is 0 Å². The molecule has 0 saturated heterocycles. The van der Waals surface area contributed by atoms with Gasteiger partial charge in [0, 0.05) is 36.3 Å². The van der Waals surface area contributed by atoms with Crippen molar-refractivity contribution < 1.29 is 0 Å². The van der Waals surface area contributed by atoms with Gasteiger partial charge in [0.25, 0.3) is 0 Å². The van der Waals surface area contributed by atoms with Crippen molar-refractivity contribution in [1.29, 1.82) is 0 Å². The highest BCUT2D eigenvalue weighted by Crippen LogP contribution is 2.61. The van der Waals surface area contributed by atoms with Crippen LogP contribution in [0, 0.1) is 94.7 Å². The molecule has 384 valence electrons. The maximum absolute atomic E-state index is 3.46. The Morgan fingerprint density at radius 2 is 0.426 bits per heavy atom. The summed E-state index contributed by atoms with van der Waals surface area (Å²) in [4.78, 5) is 6.92. The average molecular weight is 932 g/mol. The second kappa shape index (κ2) is 21.6. The largest absolute Gasteiger partial charge is 0.294 e. The zero-order valence-electron chi connectivity index (χ0n) is 44.7. The van der Waals surface area contributed by atoms with Crippen LogP contribution in [-0.4, -0.2) is 46.1 Å². The molecule has 0 amide bonds. The molecule has 0 radical (unpaired) electrons. The molecule has 0 aromatic rings. The van der Waals surface area contributed by atoms with Crippen molar-refractivity contribution in [1.82, 2.24) is 9.80 Å². The van der Waals surface area contributed by atoms with E-state index in [4.69, 9.17) is 0 Å². The Labute approximate surface area is 421 Å². The molecule has 14 atom stereocenters. The van der Waals surface area contributed by atoms with Crippen LogP contribution in [0.4, 0.5) is 0 Å². The standard InChI is InChI=1S/C66H110N2/c1-3-17-51(18-4-1)67(65-43-63-55-21-9-7-15-49(55)35-41-59(63)57-23-11-13-25-61(57)65)53-37-31-47(32-38-53)45-27-29-46(30-28-45)48-33-39-54(40-34-48)68(52-19-5-2-6-20-52)66-44-64-56-22-10-8-16-50(56)36-42-60(64)58-24-12-14-26-62(58)66/h45-66H,1-44H2. The molecule has 0 aliphatic heterocycles. The molecule has 13 rings (SSSR count). The maximum Gasteiger partial charge on any atom is 0.0135 e. The molecule has 13 aliphatic rings. The molecular weight excluding hydrogens is 821 g/mol. The van der Waals surface area contributed by atoms with E-state index in [1.165, 1.54) is 38.5 Å². The van der Waals surface area contributed by atoms with Gasteiger partial charge in [-0.25, -0.2) is 0 Å². The Bertz CT molecular complexity index is 1450. The predicted molar refractivity (Wildman–Crippen MR) is 285 cm³/mol. The minimum absolute atomic E-state index is 0.926. The Kier molecular flexibility index (Phi) is 15.2. The zero-order valence-corrected chi connectivity index (χ0v) is 44.7. The fourth-order valence-corrected chi connectivity index (χ4v) is 24.2. The lowest BCUT2D eigenvalue weighted by molar-refractivity contribution is -0.110. The maximum atomic E-state index is 3.46. The smallest absolute Gasteiger partial charge is 0.0135 e. The number of hydrogen-bond donors (Lipinski definition) is 0. The molecule has 13 aliphatic carbocycles. The Hall–Kier alpha value is -0.0800. The van der Waals surface area contributed by atoms with Crippen molar-refractivity contribution in [2.75, 3.05) is 0 Å². The van der Waals surface area contributed by atoms with Gasteiger partial charge in [-0.2, -0.15) is 0 Å². The minimum Gasteiger partial charge on any atom is -0.294 e. The second-order valence-electron chi connectivity index (χ2n) is 29.3. The number of hydrogen-bond acceptors (Lipinski definition) is 2. The van der Waals surface area contributed by atoms with Crippen LogP contribution in [0.2, 0.25) is 0 Å². The van der Waals surface area contributed by atoms with Crippen LogP contribution in [0.1, 0.15) is 283 Å². The van der Waals surface area contributed by atoms with Gasteiger partial charge in [0.05, 0.1) is 0 Å². The third-order valence-corrected chi connectivity index (χ3v) is 27.0. The summed E-state index contributed by atoms with van der Waals surface area (Å²) in [6.07, 6.45) is 69.4. The first-order valence-corrected chi connectivity index (χ1v) is 33.3. The molecule has 2 heteroatoms. The molecule has 0 N–H and O–H groups in total. The molecule has 0 aromatic carbocycles. The average Bonchev–Trinajstić information content (AvgIpc) is 3.42. The van der Waals surface area contributed by atoms with E-state index in [9.17, 15) is 0 Å². The Morgan fingerprint density at radius 1 is 0.162 bits per heavy atom. The fraction of sp³-hybridized carbons (Fsp3) is 1.00. The van der Waals surface area contributed by atoms with Crippen LogP contribution in [-0.2, 0) is 0 Å². The van der Waals surface area contributed by atoms with Crippen molar-refractivity contribution in [2.45, 2.75) is 319 Å². The molecule has 13 fully saturated rings. The minimum atomic E-state index is 0.926. The van der Waals surface area contributed by atoms with Crippen molar-refractivity contribution in [3.63, 3.8) is 0 Å². The summed E-state index contributed by atoms with van der Waals surface area (Å²) in [5, 5.41) is 0. The molecule has 68 heavy (non-hydrogen) atoms. The quantitative estimate of drug-likeness (QED) is 0.239. The van der Waals surface area contributed by atoms with Gasteiger partial charge < -0.3 is 0 Å². The van der Waals surface area contributed by atoms with E-state index in [0.717, 1.165) is 131 Å². The molecule has 0 bridgehead atoms. The summed E-state index contributed by atoms with van der Waals surface area (Å²) in [5.74, 6) is 17.4. The van der Waals surface area contributed by atoms with Gasteiger partial charge in [-0.1, -0.05) is 103 Å². The van der Waals surface area contributed by atoms with Crippen molar-refractivity contribution in [3.8, 4) is 0 Å². The summed E-state index contributed by atoms with van der Waals surface area (Å²) >= 11 is 0. The molecule has 13 saturated carbocycles. The van der Waals surface area contributed by atoms with E-state index in [2.05, 4.69) is 9.80 Å². The lowest BCUT2D eigenvalue weighted by Gasteiger charge is -2.60. The van der Waals surface area contributed by atoms with E-state index in [-0.39, 0.29) is 0 Å². The number of rotatable bonds is 8. The number of nitrogens with zero attached hydrogens (tertiary/aromatic N) is 2. The zero-order chi connectivity index (χ0) is 45.0. The van der Waals surface area contributed by atoms with Crippen LogP contribution >= 0.6 is 0 Å². The van der Waals surface area contributed by atoms with E-state index in [1.807, 2.05) is 0 Å². The molecule has 0 spiro atoms. The van der Waals surface area contributed by atoms with Crippen LogP contribution in [0.3, 0.4) is 0 Å². The summed E-state index contributed by atoms with van der Waals surface area (Å²) in [6, 6.07) is 5.62. The summed E-state index contributed by atoms with van der Waals surface area (Å²) in [7, 11) is 0. The van der Waals surface area contributed by atoms with Gasteiger partial charge in [-0.05, 0) is 274 Å². The highest BCUT2D eigenvalue weighted by Gasteiger charge is 2.56. The third-order valence-electron chi connectivity index (χ3n) is 27.0. The van der Waals surface area contributed by atoms with E-state index in [1.54, 1.807) is 244 Å². The van der Waals surface area contributed by atoms with Crippen molar-refractivity contribution in [3.05, 3.63) is 0 Å². The van der Waals surface area contributed by atoms with E-state index in [0.29, 0.717) is 0 Å². The molecular formula is C66H110N2. The summed E-state index contributed by atoms with van der Waals surface area (Å²) in [5.41, 5.74) is 0. The monoisotopic (exact) mass is 931 g/mol.